The van der Waals surface area contributed by atoms with Gasteiger partial charge in [-0.15, -0.1) is 0 Å². The van der Waals surface area contributed by atoms with Gasteiger partial charge in [-0.1, -0.05) is 11.6 Å². The molecule has 186 valence electrons. The predicted molar refractivity (Wildman–Crippen MR) is 135 cm³/mol. The van der Waals surface area contributed by atoms with E-state index < -0.39 is 5.82 Å². The molecule has 36 heavy (non-hydrogen) atoms. The molecule has 6 rings (SSSR count). The molecule has 1 atom stereocenters. The van der Waals surface area contributed by atoms with E-state index in [0.717, 1.165) is 30.5 Å². The van der Waals surface area contributed by atoms with Crippen LogP contribution in [0.1, 0.15) is 35.8 Å². The zero-order valence-electron chi connectivity index (χ0n) is 20.1. The number of anilines is 1. The molecule has 1 aliphatic heterocycles. The van der Waals surface area contributed by atoms with Crippen molar-refractivity contribution in [3.8, 4) is 11.3 Å². The number of fused-ring (bicyclic) bond motifs is 1. The van der Waals surface area contributed by atoms with Crippen molar-refractivity contribution in [2.45, 2.75) is 32.3 Å². The summed E-state index contributed by atoms with van der Waals surface area (Å²) in [5.74, 6) is 0.601. The quantitative estimate of drug-likeness (QED) is 0.403. The number of hydrogen-bond acceptors (Lipinski definition) is 6. The van der Waals surface area contributed by atoms with Gasteiger partial charge in [0, 0.05) is 41.5 Å². The maximum Gasteiger partial charge on any atom is 0.261 e. The maximum atomic E-state index is 15.1. The minimum Gasteiger partial charge on any atom is -0.370 e. The molecule has 2 aliphatic rings. The monoisotopic (exact) mass is 508 g/mol. The molecule has 10 heteroatoms. The van der Waals surface area contributed by atoms with Crippen molar-refractivity contribution in [1.82, 2.24) is 24.1 Å². The van der Waals surface area contributed by atoms with Crippen molar-refractivity contribution in [3.63, 3.8) is 0 Å². The summed E-state index contributed by atoms with van der Waals surface area (Å²) in [6, 6.07) is 4.47. The molecule has 3 aromatic heterocycles. The van der Waals surface area contributed by atoms with Crippen LogP contribution in [0.25, 0.3) is 16.9 Å². The first-order chi connectivity index (χ1) is 17.4. The van der Waals surface area contributed by atoms with E-state index in [1.54, 1.807) is 29.2 Å². The van der Waals surface area contributed by atoms with Gasteiger partial charge in [-0.2, -0.15) is 5.10 Å². The van der Waals surface area contributed by atoms with E-state index in [0.29, 0.717) is 53.4 Å². The molecule has 1 aliphatic carbocycles. The van der Waals surface area contributed by atoms with Gasteiger partial charge in [-0.25, -0.2) is 14.4 Å². The lowest BCUT2D eigenvalue weighted by Gasteiger charge is -2.33. The number of ether oxygens (including phenoxy) is 1. The van der Waals surface area contributed by atoms with Crippen molar-refractivity contribution in [2.24, 2.45) is 13.0 Å². The van der Waals surface area contributed by atoms with Gasteiger partial charge < -0.3 is 9.64 Å². The fraction of sp³-hybridized carbons (Fsp3) is 0.385. The van der Waals surface area contributed by atoms with Crippen LogP contribution in [0.4, 0.5) is 10.2 Å². The van der Waals surface area contributed by atoms with E-state index in [-0.39, 0.29) is 17.2 Å². The predicted octanol–water partition coefficient (Wildman–Crippen LogP) is 4.12. The summed E-state index contributed by atoms with van der Waals surface area (Å²) in [5.41, 5.74) is 3.11. The molecule has 0 radical (unpaired) electrons. The van der Waals surface area contributed by atoms with Crippen LogP contribution in [0.2, 0.25) is 5.02 Å². The lowest BCUT2D eigenvalue weighted by atomic mass is 10.1. The summed E-state index contributed by atoms with van der Waals surface area (Å²) < 4.78 is 24.4. The lowest BCUT2D eigenvalue weighted by molar-refractivity contribution is 0.0394. The third-order valence-electron chi connectivity index (χ3n) is 6.98. The highest BCUT2D eigenvalue weighted by Gasteiger charge is 2.28. The second-order valence-corrected chi connectivity index (χ2v) is 10.1. The molecule has 4 heterocycles. The third kappa shape index (κ3) is 4.26. The number of morpholine rings is 1. The maximum absolute atomic E-state index is 15.1. The van der Waals surface area contributed by atoms with Gasteiger partial charge in [0.05, 0.1) is 31.2 Å². The van der Waals surface area contributed by atoms with Gasteiger partial charge in [-0.05, 0) is 50.3 Å². The zero-order valence-corrected chi connectivity index (χ0v) is 20.9. The summed E-state index contributed by atoms with van der Waals surface area (Å²) in [7, 11) is 1.86. The summed E-state index contributed by atoms with van der Waals surface area (Å²) in [6.45, 7) is 3.40. The van der Waals surface area contributed by atoms with Crippen LogP contribution in [0.5, 0.6) is 0 Å². The molecule has 0 unspecified atom stereocenters. The van der Waals surface area contributed by atoms with Gasteiger partial charge in [0.25, 0.3) is 5.56 Å². The molecule has 1 aromatic carbocycles. The van der Waals surface area contributed by atoms with E-state index in [2.05, 4.69) is 10.00 Å². The minimum atomic E-state index is -0.511. The summed E-state index contributed by atoms with van der Waals surface area (Å²) in [4.78, 5) is 25.3. The fourth-order valence-electron chi connectivity index (χ4n) is 4.74. The number of rotatable bonds is 5. The van der Waals surface area contributed by atoms with Crippen LogP contribution < -0.4 is 10.5 Å². The number of aryl methyl sites for hydroxylation is 1. The molecule has 1 saturated carbocycles. The summed E-state index contributed by atoms with van der Waals surface area (Å²) >= 11 is 6.03. The van der Waals surface area contributed by atoms with Crippen LogP contribution in [0.15, 0.2) is 41.6 Å². The van der Waals surface area contributed by atoms with Crippen LogP contribution in [-0.4, -0.2) is 43.8 Å². The number of hydrogen-bond donors (Lipinski definition) is 0. The number of aromatic nitrogens is 5. The Kier molecular flexibility index (Phi) is 5.76. The highest BCUT2D eigenvalue weighted by atomic mass is 35.5. The Balaban J connectivity index is 1.50. The highest BCUT2D eigenvalue weighted by Crippen LogP contribution is 2.34. The molecule has 1 saturated heterocycles. The Labute approximate surface area is 212 Å². The minimum absolute atomic E-state index is 0.160. The third-order valence-corrected chi connectivity index (χ3v) is 7.21. The average molecular weight is 509 g/mol. The SMILES string of the molecule is Cc1c(CC2CC2)nc2c(-c3ccc(Cl)cc3F)nc(N3CCO[C@@H](c4cnn(C)c4)C3)cn2c1=O. The van der Waals surface area contributed by atoms with Gasteiger partial charge in [-0.3, -0.25) is 13.9 Å². The number of halogens is 2. The van der Waals surface area contributed by atoms with Crippen molar-refractivity contribution < 1.29 is 9.13 Å². The molecule has 2 fully saturated rings. The number of benzene rings is 1. The molecular formula is C26H26ClFN6O2. The second-order valence-electron chi connectivity index (χ2n) is 9.65. The molecule has 0 bridgehead atoms. The van der Waals surface area contributed by atoms with Crippen LogP contribution in [-0.2, 0) is 18.2 Å². The normalized spacial score (nSPS) is 18.2. The Morgan fingerprint density at radius 3 is 2.78 bits per heavy atom. The molecule has 8 nitrogen and oxygen atoms in total. The first-order valence-electron chi connectivity index (χ1n) is 12.1. The lowest BCUT2D eigenvalue weighted by Crippen LogP contribution is -2.39. The molecule has 0 spiro atoms. The van der Waals surface area contributed by atoms with Crippen LogP contribution in [0.3, 0.4) is 0 Å². The van der Waals surface area contributed by atoms with Gasteiger partial charge in [0.2, 0.25) is 0 Å². The smallest absolute Gasteiger partial charge is 0.261 e. The van der Waals surface area contributed by atoms with Crippen molar-refractivity contribution in [2.75, 3.05) is 24.6 Å². The van der Waals surface area contributed by atoms with E-state index in [4.69, 9.17) is 26.3 Å². The Morgan fingerprint density at radius 2 is 2.06 bits per heavy atom. The molecule has 4 aromatic rings. The van der Waals surface area contributed by atoms with Crippen LogP contribution in [0, 0.1) is 18.7 Å². The zero-order chi connectivity index (χ0) is 25.0. The number of nitrogens with zero attached hydrogens (tertiary/aromatic N) is 6. The van der Waals surface area contributed by atoms with Gasteiger partial charge >= 0.3 is 0 Å². The Hall–Kier alpha value is -3.30. The van der Waals surface area contributed by atoms with E-state index >= 15 is 4.39 Å². The fourth-order valence-corrected chi connectivity index (χ4v) is 4.89. The van der Waals surface area contributed by atoms with Crippen molar-refractivity contribution in [3.05, 3.63) is 74.8 Å². The Bertz CT molecular complexity index is 1530. The van der Waals surface area contributed by atoms with E-state index in [1.807, 2.05) is 20.2 Å². The first-order valence-corrected chi connectivity index (χ1v) is 12.5. The highest BCUT2D eigenvalue weighted by molar-refractivity contribution is 6.30. The standard InChI is InChI=1S/C26H26ClFN6O2/c1-15-21(9-16-3-4-16)30-25-24(19-6-5-18(27)10-20(19)28)31-23(14-34(25)26(15)35)33-7-8-36-22(13-33)17-11-29-32(2)12-17/h5-6,10-12,14,16,22H,3-4,7-9,13H2,1-2H3/t22-/m1/s1. The van der Waals surface area contributed by atoms with E-state index in [1.165, 1.54) is 10.5 Å². The molecular weight excluding hydrogens is 483 g/mol. The van der Waals surface area contributed by atoms with Crippen molar-refractivity contribution in [1.29, 1.82) is 0 Å². The van der Waals surface area contributed by atoms with Gasteiger partial charge in [0.1, 0.15) is 23.4 Å². The Morgan fingerprint density at radius 1 is 1.22 bits per heavy atom. The average Bonchev–Trinajstić information content (AvgIpc) is 3.58. The molecule has 0 N–H and O–H groups in total. The van der Waals surface area contributed by atoms with E-state index in [9.17, 15) is 4.79 Å². The first kappa shape index (κ1) is 23.1. The molecule has 0 amide bonds. The topological polar surface area (TPSA) is 77.6 Å². The van der Waals surface area contributed by atoms with Gasteiger partial charge in [0.15, 0.2) is 5.65 Å². The summed E-state index contributed by atoms with van der Waals surface area (Å²) in [6.07, 6.45) is 8.26. The van der Waals surface area contributed by atoms with Crippen molar-refractivity contribution >= 4 is 23.1 Å². The second kappa shape index (κ2) is 8.97. The largest absolute Gasteiger partial charge is 0.370 e. The summed E-state index contributed by atoms with van der Waals surface area (Å²) in [5, 5.41) is 4.54. The van der Waals surface area contributed by atoms with Crippen LogP contribution >= 0.6 is 11.6 Å².